The van der Waals surface area contributed by atoms with Crippen LogP contribution < -0.4 is 10.2 Å². The van der Waals surface area contributed by atoms with E-state index in [1.165, 1.54) is 37.2 Å². The van der Waals surface area contributed by atoms with E-state index in [4.69, 9.17) is 4.98 Å². The number of imidazole rings is 1. The molecule has 1 saturated heterocycles. The van der Waals surface area contributed by atoms with Gasteiger partial charge in [-0.3, -0.25) is 4.40 Å². The van der Waals surface area contributed by atoms with Crippen LogP contribution in [0.1, 0.15) is 45.2 Å². The number of aromatic nitrogens is 2. The quantitative estimate of drug-likeness (QED) is 0.858. The fourth-order valence-corrected chi connectivity index (χ4v) is 3.83. The van der Waals surface area contributed by atoms with Crippen molar-refractivity contribution in [2.75, 3.05) is 24.5 Å². The minimum atomic E-state index is 0.848. The van der Waals surface area contributed by atoms with Gasteiger partial charge in [0.1, 0.15) is 0 Å². The van der Waals surface area contributed by atoms with Crippen LogP contribution in [0.3, 0.4) is 0 Å². The van der Waals surface area contributed by atoms with Crippen LogP contribution in [0.2, 0.25) is 0 Å². The third kappa shape index (κ3) is 3.24. The molecule has 5 heteroatoms. The van der Waals surface area contributed by atoms with E-state index in [0.29, 0.717) is 0 Å². The lowest BCUT2D eigenvalue weighted by Crippen LogP contribution is -2.27. The molecule has 0 saturated carbocycles. The second-order valence-corrected chi connectivity index (χ2v) is 7.01. The molecule has 4 nitrogen and oxygen atoms in total. The molecule has 0 spiro atoms. The molecule has 116 valence electrons. The van der Waals surface area contributed by atoms with Crippen LogP contribution >= 0.6 is 11.3 Å². The highest BCUT2D eigenvalue weighted by atomic mass is 32.1. The second kappa shape index (κ2) is 6.79. The van der Waals surface area contributed by atoms with Gasteiger partial charge in [-0.1, -0.05) is 13.8 Å². The molecule has 1 unspecified atom stereocenters. The van der Waals surface area contributed by atoms with Gasteiger partial charge in [-0.05, 0) is 38.1 Å². The third-order valence-corrected chi connectivity index (χ3v) is 5.13. The lowest BCUT2D eigenvalue weighted by Gasteiger charge is -2.22. The van der Waals surface area contributed by atoms with Crippen LogP contribution in [0.25, 0.3) is 4.96 Å². The van der Waals surface area contributed by atoms with Crippen molar-refractivity contribution in [3.05, 3.63) is 17.3 Å². The Kier molecular flexibility index (Phi) is 4.80. The first kappa shape index (κ1) is 14.9. The highest BCUT2D eigenvalue weighted by Gasteiger charge is 2.21. The lowest BCUT2D eigenvalue weighted by atomic mass is 10.0. The first-order valence-corrected chi connectivity index (χ1v) is 9.07. The number of nitrogens with zero attached hydrogens (tertiary/aromatic N) is 3. The first-order valence-electron chi connectivity index (χ1n) is 8.19. The summed E-state index contributed by atoms with van der Waals surface area (Å²) in [5.74, 6) is 2.06. The summed E-state index contributed by atoms with van der Waals surface area (Å²) < 4.78 is 2.26. The van der Waals surface area contributed by atoms with Gasteiger partial charge in [-0.2, -0.15) is 0 Å². The predicted molar refractivity (Wildman–Crippen MR) is 90.3 cm³/mol. The largest absolute Gasteiger partial charge is 0.355 e. The van der Waals surface area contributed by atoms with E-state index >= 15 is 0 Å². The van der Waals surface area contributed by atoms with Gasteiger partial charge in [0, 0.05) is 31.2 Å². The minimum absolute atomic E-state index is 0.848. The summed E-state index contributed by atoms with van der Waals surface area (Å²) in [4.78, 5) is 8.54. The number of fused-ring (bicyclic) bond motifs is 1. The molecular formula is C16H26N4S. The molecule has 1 N–H and O–H groups in total. The zero-order valence-electron chi connectivity index (χ0n) is 13.1. The minimum Gasteiger partial charge on any atom is -0.355 e. The van der Waals surface area contributed by atoms with E-state index in [1.54, 1.807) is 11.3 Å². The molecule has 0 amide bonds. The molecule has 0 aliphatic carbocycles. The molecule has 0 aromatic carbocycles. The molecule has 0 bridgehead atoms. The summed E-state index contributed by atoms with van der Waals surface area (Å²) in [6.45, 7) is 8.85. The van der Waals surface area contributed by atoms with E-state index in [1.807, 2.05) is 0 Å². The monoisotopic (exact) mass is 306 g/mol. The number of anilines is 1. The topological polar surface area (TPSA) is 32.6 Å². The van der Waals surface area contributed by atoms with Gasteiger partial charge >= 0.3 is 0 Å². The Morgan fingerprint density at radius 2 is 2.29 bits per heavy atom. The zero-order chi connectivity index (χ0) is 14.7. The van der Waals surface area contributed by atoms with E-state index in [9.17, 15) is 0 Å². The summed E-state index contributed by atoms with van der Waals surface area (Å²) in [6.07, 6.45) is 7.24. The van der Waals surface area contributed by atoms with Gasteiger partial charge in [-0.15, -0.1) is 11.3 Å². The second-order valence-electron chi connectivity index (χ2n) is 6.14. The van der Waals surface area contributed by atoms with Gasteiger partial charge in [-0.25, -0.2) is 4.98 Å². The van der Waals surface area contributed by atoms with E-state index in [-0.39, 0.29) is 0 Å². The Hall–Kier alpha value is -1.07. The molecule has 3 rings (SSSR count). The van der Waals surface area contributed by atoms with E-state index in [0.717, 1.165) is 37.1 Å². The Morgan fingerprint density at radius 3 is 3.14 bits per heavy atom. The molecule has 21 heavy (non-hydrogen) atoms. The Bertz CT molecular complexity index is 574. The molecule has 1 atom stereocenters. The number of nitrogens with one attached hydrogen (secondary N) is 1. The van der Waals surface area contributed by atoms with Gasteiger partial charge in [0.05, 0.1) is 5.69 Å². The van der Waals surface area contributed by atoms with Gasteiger partial charge in [0.2, 0.25) is 0 Å². The van der Waals surface area contributed by atoms with Crippen LogP contribution in [-0.2, 0) is 6.54 Å². The maximum Gasteiger partial charge on any atom is 0.195 e. The molecule has 1 aliphatic rings. The third-order valence-electron chi connectivity index (χ3n) is 4.38. The molecule has 0 radical (unpaired) electrons. The zero-order valence-corrected chi connectivity index (χ0v) is 14.0. The summed E-state index contributed by atoms with van der Waals surface area (Å²) >= 11 is 1.73. The van der Waals surface area contributed by atoms with Crippen molar-refractivity contribution < 1.29 is 0 Å². The fourth-order valence-electron chi connectivity index (χ4n) is 3.10. The van der Waals surface area contributed by atoms with Crippen LogP contribution in [0, 0.1) is 5.92 Å². The lowest BCUT2D eigenvalue weighted by molar-refractivity contribution is 0.521. The predicted octanol–water partition coefficient (Wildman–Crippen LogP) is 3.52. The van der Waals surface area contributed by atoms with Crippen LogP contribution in [0.15, 0.2) is 11.6 Å². The van der Waals surface area contributed by atoms with Crippen LogP contribution in [0.5, 0.6) is 0 Å². The summed E-state index contributed by atoms with van der Waals surface area (Å²) in [5.41, 5.74) is 1.33. The Labute approximate surface area is 131 Å². The SMILES string of the molecule is CCCNCc1c(N2CCCC(C)CC2)nc2sccn12. The highest BCUT2D eigenvalue weighted by Crippen LogP contribution is 2.27. The number of thiazole rings is 1. The molecule has 3 heterocycles. The summed E-state index contributed by atoms with van der Waals surface area (Å²) in [6, 6.07) is 0. The number of hydrogen-bond acceptors (Lipinski definition) is 4. The van der Waals surface area contributed by atoms with Crippen molar-refractivity contribution in [3.63, 3.8) is 0 Å². The van der Waals surface area contributed by atoms with E-state index in [2.05, 4.69) is 40.0 Å². The van der Waals surface area contributed by atoms with Crippen LogP contribution in [0.4, 0.5) is 5.82 Å². The number of rotatable bonds is 5. The fraction of sp³-hybridized carbons (Fsp3) is 0.688. The standard InChI is InChI=1S/C16H26N4S/c1-3-7-17-12-14-15(18-16-20(14)10-11-21-16)19-8-4-5-13(2)6-9-19/h10-11,13,17H,3-9,12H2,1-2H3. The van der Waals surface area contributed by atoms with Crippen molar-refractivity contribution in [1.29, 1.82) is 0 Å². The summed E-state index contributed by atoms with van der Waals surface area (Å²) in [7, 11) is 0. The summed E-state index contributed by atoms with van der Waals surface area (Å²) in [5, 5.41) is 5.67. The molecule has 1 fully saturated rings. The van der Waals surface area contributed by atoms with Gasteiger partial charge in [0.15, 0.2) is 10.8 Å². The average molecular weight is 306 g/mol. The normalized spacial score (nSPS) is 20.1. The Balaban J connectivity index is 1.85. The molecule has 2 aromatic rings. The highest BCUT2D eigenvalue weighted by molar-refractivity contribution is 7.15. The maximum atomic E-state index is 4.91. The average Bonchev–Trinajstić information content (AvgIpc) is 2.98. The van der Waals surface area contributed by atoms with Crippen molar-refractivity contribution in [2.24, 2.45) is 5.92 Å². The van der Waals surface area contributed by atoms with Crippen molar-refractivity contribution in [1.82, 2.24) is 14.7 Å². The number of hydrogen-bond donors (Lipinski definition) is 1. The van der Waals surface area contributed by atoms with Crippen molar-refractivity contribution in [2.45, 2.75) is 46.1 Å². The van der Waals surface area contributed by atoms with E-state index < -0.39 is 0 Å². The smallest absolute Gasteiger partial charge is 0.195 e. The molecular weight excluding hydrogens is 280 g/mol. The molecule has 1 aliphatic heterocycles. The molecule has 2 aromatic heterocycles. The Morgan fingerprint density at radius 1 is 1.38 bits per heavy atom. The van der Waals surface area contributed by atoms with Crippen molar-refractivity contribution in [3.8, 4) is 0 Å². The maximum absolute atomic E-state index is 4.91. The van der Waals surface area contributed by atoms with Gasteiger partial charge < -0.3 is 10.2 Å². The van der Waals surface area contributed by atoms with Crippen LogP contribution in [-0.4, -0.2) is 29.0 Å². The van der Waals surface area contributed by atoms with Crippen molar-refractivity contribution >= 4 is 22.1 Å². The van der Waals surface area contributed by atoms with Gasteiger partial charge in [0.25, 0.3) is 0 Å². The first-order chi connectivity index (χ1) is 10.3.